The fraction of sp³-hybridized carbons (Fsp3) is 0.182. The summed E-state index contributed by atoms with van der Waals surface area (Å²) in [6, 6.07) is 19.2. The van der Waals surface area contributed by atoms with E-state index in [0.717, 1.165) is 16.9 Å². The third kappa shape index (κ3) is 3.22. The van der Waals surface area contributed by atoms with Crippen molar-refractivity contribution in [3.05, 3.63) is 66.5 Å². The molecule has 4 aromatic rings. The van der Waals surface area contributed by atoms with E-state index in [9.17, 15) is 4.79 Å². The van der Waals surface area contributed by atoms with Gasteiger partial charge in [0.25, 0.3) is 5.89 Å². The van der Waals surface area contributed by atoms with Gasteiger partial charge in [0.05, 0.1) is 18.5 Å². The molecule has 1 aliphatic rings. The molecule has 5 rings (SSSR count). The Hall–Kier alpha value is -3.94. The SMILES string of the molecule is COc1ccccc1N1CC(c2noc(-c3cc(-c4ccccc4)n[nH]3)n2)CC1=O. The number of carbonyl (C=O) groups is 1. The smallest absolute Gasteiger partial charge is 0.275 e. The van der Waals surface area contributed by atoms with Crippen LogP contribution in [0, 0.1) is 0 Å². The van der Waals surface area contributed by atoms with E-state index < -0.39 is 0 Å². The second kappa shape index (κ2) is 7.47. The Labute approximate surface area is 172 Å². The third-order valence-corrected chi connectivity index (χ3v) is 5.19. The van der Waals surface area contributed by atoms with E-state index in [0.29, 0.717) is 36.1 Å². The molecule has 150 valence electrons. The van der Waals surface area contributed by atoms with Gasteiger partial charge in [-0.25, -0.2) is 0 Å². The molecule has 30 heavy (non-hydrogen) atoms. The molecule has 3 heterocycles. The lowest BCUT2D eigenvalue weighted by Gasteiger charge is -2.18. The Morgan fingerprint density at radius 3 is 2.77 bits per heavy atom. The first-order valence-corrected chi connectivity index (χ1v) is 9.61. The Kier molecular flexibility index (Phi) is 4.51. The van der Waals surface area contributed by atoms with Crippen molar-refractivity contribution in [1.29, 1.82) is 0 Å². The summed E-state index contributed by atoms with van der Waals surface area (Å²) in [7, 11) is 1.59. The summed E-state index contributed by atoms with van der Waals surface area (Å²) in [6.07, 6.45) is 0.315. The van der Waals surface area contributed by atoms with E-state index in [1.165, 1.54) is 0 Å². The minimum atomic E-state index is -0.156. The number of aromatic amines is 1. The van der Waals surface area contributed by atoms with Gasteiger partial charge in [-0.05, 0) is 18.2 Å². The molecule has 0 saturated carbocycles. The second-order valence-electron chi connectivity index (χ2n) is 7.07. The van der Waals surface area contributed by atoms with Gasteiger partial charge >= 0.3 is 0 Å². The highest BCUT2D eigenvalue weighted by molar-refractivity contribution is 5.97. The van der Waals surface area contributed by atoms with Gasteiger partial charge in [-0.2, -0.15) is 10.1 Å². The molecule has 0 radical (unpaired) electrons. The second-order valence-corrected chi connectivity index (χ2v) is 7.07. The number of benzene rings is 2. The van der Waals surface area contributed by atoms with Crippen molar-refractivity contribution in [2.45, 2.75) is 12.3 Å². The summed E-state index contributed by atoms with van der Waals surface area (Å²) in [5.41, 5.74) is 3.17. The minimum Gasteiger partial charge on any atom is -0.495 e. The number of amides is 1. The van der Waals surface area contributed by atoms with Crippen LogP contribution in [-0.4, -0.2) is 39.9 Å². The van der Waals surface area contributed by atoms with Crippen LogP contribution in [0.2, 0.25) is 0 Å². The molecule has 8 heteroatoms. The molecule has 0 aliphatic carbocycles. The minimum absolute atomic E-state index is 0.00348. The molecule has 1 atom stereocenters. The van der Waals surface area contributed by atoms with Gasteiger partial charge in [0.2, 0.25) is 5.91 Å². The van der Waals surface area contributed by atoms with Crippen LogP contribution in [0.4, 0.5) is 5.69 Å². The third-order valence-electron chi connectivity index (χ3n) is 5.19. The average molecular weight is 401 g/mol. The van der Waals surface area contributed by atoms with Crippen LogP contribution in [0.15, 0.2) is 65.2 Å². The zero-order chi connectivity index (χ0) is 20.5. The fourth-order valence-electron chi connectivity index (χ4n) is 3.66. The summed E-state index contributed by atoms with van der Waals surface area (Å²) < 4.78 is 10.8. The number of nitrogens with one attached hydrogen (secondary N) is 1. The molecule has 2 aromatic heterocycles. The monoisotopic (exact) mass is 401 g/mol. The highest BCUT2D eigenvalue weighted by Gasteiger charge is 2.35. The zero-order valence-corrected chi connectivity index (χ0v) is 16.3. The lowest BCUT2D eigenvalue weighted by Crippen LogP contribution is -2.24. The van der Waals surface area contributed by atoms with Gasteiger partial charge < -0.3 is 14.2 Å². The molecule has 8 nitrogen and oxygen atoms in total. The van der Waals surface area contributed by atoms with Crippen molar-refractivity contribution < 1.29 is 14.1 Å². The van der Waals surface area contributed by atoms with Crippen LogP contribution >= 0.6 is 0 Å². The van der Waals surface area contributed by atoms with E-state index in [4.69, 9.17) is 9.26 Å². The van der Waals surface area contributed by atoms with Crippen molar-refractivity contribution in [2.75, 3.05) is 18.6 Å². The van der Waals surface area contributed by atoms with Crippen LogP contribution < -0.4 is 9.64 Å². The van der Waals surface area contributed by atoms with Crippen molar-refractivity contribution in [3.8, 4) is 28.6 Å². The lowest BCUT2D eigenvalue weighted by molar-refractivity contribution is -0.117. The number of hydrogen-bond acceptors (Lipinski definition) is 6. The highest BCUT2D eigenvalue weighted by Crippen LogP contribution is 2.36. The molecule has 1 amide bonds. The highest BCUT2D eigenvalue weighted by atomic mass is 16.5. The summed E-state index contributed by atoms with van der Waals surface area (Å²) >= 11 is 0. The summed E-state index contributed by atoms with van der Waals surface area (Å²) in [5, 5.41) is 11.4. The molecule has 1 unspecified atom stereocenters. The number of rotatable bonds is 5. The zero-order valence-electron chi connectivity index (χ0n) is 16.3. The first kappa shape index (κ1) is 18.1. The largest absolute Gasteiger partial charge is 0.495 e. The Morgan fingerprint density at radius 1 is 1.13 bits per heavy atom. The van der Waals surface area contributed by atoms with Crippen molar-refractivity contribution >= 4 is 11.6 Å². The van der Waals surface area contributed by atoms with Gasteiger partial charge in [-0.1, -0.05) is 47.6 Å². The number of H-pyrrole nitrogens is 1. The number of anilines is 1. The molecule has 1 aliphatic heterocycles. The first-order chi connectivity index (χ1) is 14.7. The molecule has 1 fully saturated rings. The van der Waals surface area contributed by atoms with Gasteiger partial charge in [-0.15, -0.1) is 0 Å². The van der Waals surface area contributed by atoms with E-state index in [1.807, 2.05) is 60.7 Å². The quantitative estimate of drug-likeness (QED) is 0.548. The Bertz CT molecular complexity index is 1180. The van der Waals surface area contributed by atoms with Crippen molar-refractivity contribution in [1.82, 2.24) is 20.3 Å². The number of hydrogen-bond donors (Lipinski definition) is 1. The number of methoxy groups -OCH3 is 1. The summed E-state index contributed by atoms with van der Waals surface area (Å²) in [4.78, 5) is 18.9. The van der Waals surface area contributed by atoms with E-state index in [2.05, 4.69) is 20.3 Å². The number of ether oxygens (including phenoxy) is 1. The lowest BCUT2D eigenvalue weighted by atomic mass is 10.1. The van der Waals surface area contributed by atoms with Gasteiger partial charge in [-0.3, -0.25) is 9.89 Å². The Morgan fingerprint density at radius 2 is 1.93 bits per heavy atom. The van der Waals surface area contributed by atoms with E-state index in [1.54, 1.807) is 12.0 Å². The summed E-state index contributed by atoms with van der Waals surface area (Å²) in [5.74, 6) is 1.36. The number of aromatic nitrogens is 4. The molecule has 1 N–H and O–H groups in total. The van der Waals surface area contributed by atoms with Crippen LogP contribution in [0.5, 0.6) is 5.75 Å². The average Bonchev–Trinajstić information content (AvgIpc) is 3.53. The number of para-hydroxylation sites is 2. The van der Waals surface area contributed by atoms with Crippen LogP contribution in [0.1, 0.15) is 18.2 Å². The van der Waals surface area contributed by atoms with Crippen molar-refractivity contribution in [2.24, 2.45) is 0 Å². The van der Waals surface area contributed by atoms with Gasteiger partial charge in [0.1, 0.15) is 11.4 Å². The standard InChI is InChI=1S/C22H19N5O3/c1-29-19-10-6-5-9-18(19)27-13-15(11-20(27)28)21-23-22(30-26-21)17-12-16(24-25-17)14-7-3-2-4-8-14/h2-10,12,15H,11,13H2,1H3,(H,24,25). The normalized spacial score (nSPS) is 16.2. The Balaban J connectivity index is 1.36. The topological polar surface area (TPSA) is 97.1 Å². The number of nitrogens with zero attached hydrogens (tertiary/aromatic N) is 4. The van der Waals surface area contributed by atoms with Gasteiger partial charge in [0.15, 0.2) is 5.82 Å². The maximum atomic E-state index is 12.6. The van der Waals surface area contributed by atoms with Gasteiger partial charge in [0, 0.05) is 24.4 Å². The van der Waals surface area contributed by atoms with Crippen LogP contribution in [0.25, 0.3) is 22.8 Å². The van der Waals surface area contributed by atoms with Crippen LogP contribution in [-0.2, 0) is 4.79 Å². The predicted molar refractivity (Wildman–Crippen MR) is 110 cm³/mol. The fourth-order valence-corrected chi connectivity index (χ4v) is 3.66. The molecular weight excluding hydrogens is 382 g/mol. The first-order valence-electron chi connectivity index (χ1n) is 9.61. The molecule has 1 saturated heterocycles. The van der Waals surface area contributed by atoms with Crippen LogP contribution in [0.3, 0.4) is 0 Å². The molecule has 2 aromatic carbocycles. The number of carbonyl (C=O) groups excluding carboxylic acids is 1. The van der Waals surface area contributed by atoms with Crippen molar-refractivity contribution in [3.63, 3.8) is 0 Å². The molecular formula is C22H19N5O3. The molecule has 0 bridgehead atoms. The summed E-state index contributed by atoms with van der Waals surface area (Å²) in [6.45, 7) is 0.469. The molecule has 0 spiro atoms. The predicted octanol–water partition coefficient (Wildman–Crippen LogP) is 3.66. The maximum absolute atomic E-state index is 12.6. The van der Waals surface area contributed by atoms with E-state index >= 15 is 0 Å². The van der Waals surface area contributed by atoms with E-state index in [-0.39, 0.29) is 11.8 Å². The maximum Gasteiger partial charge on any atom is 0.275 e.